The molecule has 0 aromatic rings. The molecule has 0 amide bonds. The molecule has 1 saturated carbocycles. The van der Waals surface area contributed by atoms with E-state index in [1.165, 1.54) is 12.8 Å². The number of ketones is 1. The van der Waals surface area contributed by atoms with Crippen molar-refractivity contribution in [3.05, 3.63) is 0 Å². The fourth-order valence-corrected chi connectivity index (χ4v) is 1.15. The van der Waals surface area contributed by atoms with E-state index in [2.05, 4.69) is 6.92 Å². The van der Waals surface area contributed by atoms with Crippen molar-refractivity contribution in [1.82, 2.24) is 0 Å². The summed E-state index contributed by atoms with van der Waals surface area (Å²) >= 11 is 0. The van der Waals surface area contributed by atoms with Crippen molar-refractivity contribution < 1.29 is 9.53 Å². The number of unbranched alkanes of at least 4 members (excludes halogenated alkanes) is 2. The zero-order valence-corrected chi connectivity index (χ0v) is 7.84. The standard InChI is InChI=1S/C10H18O2/c1-2-3-4-7-12-8-10(11)9-5-6-9/h9H,2-8H2,1H3. The first-order valence-electron chi connectivity index (χ1n) is 4.95. The predicted octanol–water partition coefficient (Wildman–Crippen LogP) is 2.17. The Hall–Kier alpha value is -0.370. The van der Waals surface area contributed by atoms with Gasteiger partial charge >= 0.3 is 0 Å². The van der Waals surface area contributed by atoms with Crippen LogP contribution in [-0.2, 0) is 9.53 Å². The minimum Gasteiger partial charge on any atom is -0.374 e. The molecule has 1 aliphatic carbocycles. The van der Waals surface area contributed by atoms with Gasteiger partial charge in [-0.1, -0.05) is 19.8 Å². The Bertz CT molecular complexity index is 139. The molecule has 0 N–H and O–H groups in total. The van der Waals surface area contributed by atoms with Crippen LogP contribution in [0.1, 0.15) is 39.0 Å². The normalized spacial score (nSPS) is 16.4. The molecule has 0 spiro atoms. The first kappa shape index (κ1) is 9.72. The molecule has 0 aromatic carbocycles. The topological polar surface area (TPSA) is 26.3 Å². The molecule has 0 heterocycles. The Morgan fingerprint density at radius 3 is 2.75 bits per heavy atom. The van der Waals surface area contributed by atoms with Crippen molar-refractivity contribution in [2.45, 2.75) is 39.0 Å². The maximum Gasteiger partial charge on any atom is 0.161 e. The molecule has 0 saturated heterocycles. The van der Waals surface area contributed by atoms with Gasteiger partial charge in [-0.15, -0.1) is 0 Å². The zero-order chi connectivity index (χ0) is 8.81. The third-order valence-electron chi connectivity index (χ3n) is 2.17. The van der Waals surface area contributed by atoms with E-state index in [0.717, 1.165) is 25.9 Å². The van der Waals surface area contributed by atoms with Crippen molar-refractivity contribution in [2.75, 3.05) is 13.2 Å². The van der Waals surface area contributed by atoms with Gasteiger partial charge in [0.2, 0.25) is 0 Å². The van der Waals surface area contributed by atoms with Crippen LogP contribution in [0.4, 0.5) is 0 Å². The summed E-state index contributed by atoms with van der Waals surface area (Å²) in [6.07, 6.45) is 5.69. The van der Waals surface area contributed by atoms with Crippen LogP contribution in [0.5, 0.6) is 0 Å². The average Bonchev–Trinajstić information content (AvgIpc) is 2.86. The first-order chi connectivity index (χ1) is 5.84. The number of carbonyl (C=O) groups is 1. The Balaban J connectivity index is 1.84. The van der Waals surface area contributed by atoms with Crippen LogP contribution in [0.25, 0.3) is 0 Å². The fraction of sp³-hybridized carbons (Fsp3) is 0.900. The van der Waals surface area contributed by atoms with Gasteiger partial charge in [0.05, 0.1) is 0 Å². The monoisotopic (exact) mass is 170 g/mol. The maximum atomic E-state index is 11.1. The van der Waals surface area contributed by atoms with E-state index in [4.69, 9.17) is 4.74 Å². The molecule has 12 heavy (non-hydrogen) atoms. The van der Waals surface area contributed by atoms with Crippen molar-refractivity contribution >= 4 is 5.78 Å². The van der Waals surface area contributed by atoms with Gasteiger partial charge < -0.3 is 4.74 Å². The lowest BCUT2D eigenvalue weighted by Gasteiger charge is -2.01. The van der Waals surface area contributed by atoms with E-state index < -0.39 is 0 Å². The summed E-state index contributed by atoms with van der Waals surface area (Å²) in [5.41, 5.74) is 0. The highest BCUT2D eigenvalue weighted by Crippen LogP contribution is 2.29. The molecule has 0 aliphatic heterocycles. The third-order valence-corrected chi connectivity index (χ3v) is 2.17. The fourth-order valence-electron chi connectivity index (χ4n) is 1.15. The van der Waals surface area contributed by atoms with E-state index in [9.17, 15) is 4.79 Å². The minimum atomic E-state index is 0.312. The van der Waals surface area contributed by atoms with Crippen LogP contribution in [0.15, 0.2) is 0 Å². The summed E-state index contributed by atoms with van der Waals surface area (Å²) in [6, 6.07) is 0. The Labute approximate surface area is 74.3 Å². The molecule has 0 radical (unpaired) electrons. The van der Waals surface area contributed by atoms with Gasteiger partial charge in [-0.3, -0.25) is 4.79 Å². The lowest BCUT2D eigenvalue weighted by molar-refractivity contribution is -0.124. The predicted molar refractivity (Wildman–Crippen MR) is 48.1 cm³/mol. The highest BCUT2D eigenvalue weighted by molar-refractivity contribution is 5.84. The number of ether oxygens (including phenoxy) is 1. The molecule has 1 aliphatic rings. The average molecular weight is 170 g/mol. The molecule has 2 heteroatoms. The molecule has 0 atom stereocenters. The second kappa shape index (κ2) is 5.31. The van der Waals surface area contributed by atoms with Crippen molar-refractivity contribution in [2.24, 2.45) is 5.92 Å². The number of Topliss-reactive ketones (excluding diaryl/α,β-unsaturated/α-hetero) is 1. The van der Waals surface area contributed by atoms with Crippen LogP contribution < -0.4 is 0 Å². The van der Waals surface area contributed by atoms with Gasteiger partial charge in [0.15, 0.2) is 5.78 Å². The number of hydrogen-bond acceptors (Lipinski definition) is 2. The largest absolute Gasteiger partial charge is 0.374 e. The van der Waals surface area contributed by atoms with Gasteiger partial charge in [-0.2, -0.15) is 0 Å². The van der Waals surface area contributed by atoms with Crippen molar-refractivity contribution in [1.29, 1.82) is 0 Å². The second-order valence-corrected chi connectivity index (χ2v) is 3.50. The SMILES string of the molecule is CCCCCOCC(=O)C1CC1. The molecule has 70 valence electrons. The first-order valence-corrected chi connectivity index (χ1v) is 4.95. The Kier molecular flexibility index (Phi) is 4.30. The minimum absolute atomic E-state index is 0.312. The second-order valence-electron chi connectivity index (χ2n) is 3.50. The van der Waals surface area contributed by atoms with Crippen molar-refractivity contribution in [3.63, 3.8) is 0 Å². The summed E-state index contributed by atoms with van der Waals surface area (Å²) in [4.78, 5) is 11.1. The van der Waals surface area contributed by atoms with E-state index in [0.29, 0.717) is 18.3 Å². The number of hydrogen-bond donors (Lipinski definition) is 0. The summed E-state index contributed by atoms with van der Waals surface area (Å²) < 4.78 is 5.25. The Morgan fingerprint density at radius 1 is 1.42 bits per heavy atom. The zero-order valence-electron chi connectivity index (χ0n) is 7.84. The highest BCUT2D eigenvalue weighted by Gasteiger charge is 2.28. The molecular formula is C10H18O2. The number of rotatable bonds is 7. The van der Waals surface area contributed by atoms with Crippen molar-refractivity contribution in [3.8, 4) is 0 Å². The van der Waals surface area contributed by atoms with E-state index in [1.54, 1.807) is 0 Å². The molecule has 1 fully saturated rings. The summed E-state index contributed by atoms with van der Waals surface area (Å²) in [5.74, 6) is 0.669. The van der Waals surface area contributed by atoms with Crippen LogP contribution in [0, 0.1) is 5.92 Å². The molecule has 1 rings (SSSR count). The third kappa shape index (κ3) is 3.86. The lowest BCUT2D eigenvalue weighted by atomic mass is 10.2. The van der Waals surface area contributed by atoms with Gasteiger partial charge in [0, 0.05) is 12.5 Å². The van der Waals surface area contributed by atoms with Crippen LogP contribution in [0.2, 0.25) is 0 Å². The molecule has 0 bridgehead atoms. The smallest absolute Gasteiger partial charge is 0.161 e. The highest BCUT2D eigenvalue weighted by atomic mass is 16.5. The molecule has 0 unspecified atom stereocenters. The quantitative estimate of drug-likeness (QED) is 0.547. The Morgan fingerprint density at radius 2 is 2.17 bits per heavy atom. The molecular weight excluding hydrogens is 152 g/mol. The van der Waals surface area contributed by atoms with Crippen LogP contribution in [0.3, 0.4) is 0 Å². The van der Waals surface area contributed by atoms with Crippen LogP contribution >= 0.6 is 0 Å². The molecule has 2 nitrogen and oxygen atoms in total. The van der Waals surface area contributed by atoms with E-state index >= 15 is 0 Å². The summed E-state index contributed by atoms with van der Waals surface area (Å²) in [7, 11) is 0. The summed E-state index contributed by atoms with van der Waals surface area (Å²) in [6.45, 7) is 3.27. The molecule has 0 aromatic heterocycles. The van der Waals surface area contributed by atoms with Gasteiger partial charge in [-0.05, 0) is 19.3 Å². The lowest BCUT2D eigenvalue weighted by Crippen LogP contribution is -2.10. The van der Waals surface area contributed by atoms with Gasteiger partial charge in [0.25, 0.3) is 0 Å². The maximum absolute atomic E-state index is 11.1. The van der Waals surface area contributed by atoms with Gasteiger partial charge in [0.1, 0.15) is 6.61 Å². The summed E-state index contributed by atoms with van der Waals surface area (Å²) in [5, 5.41) is 0. The van der Waals surface area contributed by atoms with E-state index in [1.807, 2.05) is 0 Å². The van der Waals surface area contributed by atoms with Gasteiger partial charge in [-0.25, -0.2) is 0 Å². The van der Waals surface area contributed by atoms with E-state index in [-0.39, 0.29) is 0 Å². The number of carbonyl (C=O) groups excluding carboxylic acids is 1. The van der Waals surface area contributed by atoms with Crippen LogP contribution in [-0.4, -0.2) is 19.0 Å².